The summed E-state index contributed by atoms with van der Waals surface area (Å²) in [6, 6.07) is 9.19. The molecule has 1 aromatic carbocycles. The van der Waals surface area contributed by atoms with Gasteiger partial charge in [-0.25, -0.2) is 4.79 Å². The van der Waals surface area contributed by atoms with E-state index in [2.05, 4.69) is 49.7 Å². The molecule has 0 radical (unpaired) electrons. The molecular weight excluding hydrogens is 558 g/mol. The minimum absolute atomic E-state index is 0.0158. The normalized spacial score (nSPS) is 14.8. The predicted octanol–water partition coefficient (Wildman–Crippen LogP) is 9.36. The van der Waals surface area contributed by atoms with Crippen molar-refractivity contribution < 1.29 is 19.7 Å². The zero-order valence-corrected chi connectivity index (χ0v) is 29.2. The maximum absolute atomic E-state index is 12.8. The molecule has 1 aliphatic rings. The molecule has 1 saturated carbocycles. The number of carbonyl (C=O) groups is 1. The van der Waals surface area contributed by atoms with Gasteiger partial charge in [0.15, 0.2) is 12.2 Å². The minimum Gasteiger partial charge on any atom is -0.450 e. The van der Waals surface area contributed by atoms with Crippen molar-refractivity contribution in [3.8, 4) is 11.8 Å². The lowest BCUT2D eigenvalue weighted by molar-refractivity contribution is -0.174. The number of unbranched alkanes of at least 4 members (excludes halogenated alkanes) is 12. The Balaban J connectivity index is 0.000000476. The lowest BCUT2D eigenvalue weighted by Gasteiger charge is -2.36. The lowest BCUT2D eigenvalue weighted by Crippen LogP contribution is -2.45. The molecule has 2 N–H and O–H groups in total. The second kappa shape index (κ2) is 28.1. The molecule has 45 heavy (non-hydrogen) atoms. The van der Waals surface area contributed by atoms with Crippen molar-refractivity contribution in [2.75, 3.05) is 32.8 Å². The molecule has 1 unspecified atom stereocenters. The van der Waals surface area contributed by atoms with Crippen LogP contribution in [0.25, 0.3) is 0 Å². The Morgan fingerprint density at radius 3 is 1.93 bits per heavy atom. The summed E-state index contributed by atoms with van der Waals surface area (Å²) in [7, 11) is 0. The topological polar surface area (TPSA) is 70.0 Å². The van der Waals surface area contributed by atoms with E-state index in [4.69, 9.17) is 9.84 Å². The quantitative estimate of drug-likeness (QED) is 0.0582. The maximum Gasteiger partial charge on any atom is 0.344 e. The average molecular weight is 626 g/mol. The molecule has 5 nitrogen and oxygen atoms in total. The van der Waals surface area contributed by atoms with Crippen molar-refractivity contribution in [3.05, 3.63) is 48.0 Å². The van der Waals surface area contributed by atoms with Gasteiger partial charge in [0.25, 0.3) is 0 Å². The number of carbonyl (C=O) groups excluding carboxylic acids is 1. The summed E-state index contributed by atoms with van der Waals surface area (Å²) in [5.74, 6) is 5.25. The number of hydrogen-bond donors (Lipinski definition) is 2. The molecule has 0 saturated heterocycles. The van der Waals surface area contributed by atoms with Gasteiger partial charge in [-0.2, -0.15) is 0 Å². The molecule has 0 bridgehead atoms. The maximum atomic E-state index is 12.8. The first-order chi connectivity index (χ1) is 22.0. The van der Waals surface area contributed by atoms with Gasteiger partial charge in [0.05, 0.1) is 6.54 Å². The standard InChI is InChI=1S/C22H31NO3.C18H36O/c1-3-23(4-2)17-11-12-18-26-21(24)22(25,19-13-7-5-8-14-19)20-15-9-6-10-16-20;1-2-3-4-5-6-7-8-9-10-11-12-13-14-15-16-17-18-19/h5,7-8,13-14,20,25H,3-4,6,9-10,15-18H2,1-2H3;9-10,19H,2-8,11-18H2,1H3/b;10-9-. The van der Waals surface area contributed by atoms with Crippen LogP contribution < -0.4 is 0 Å². The zero-order valence-electron chi connectivity index (χ0n) is 29.2. The second-order valence-electron chi connectivity index (χ2n) is 12.5. The molecule has 256 valence electrons. The Labute approximate surface area is 277 Å². The summed E-state index contributed by atoms with van der Waals surface area (Å²) >= 11 is 0. The summed E-state index contributed by atoms with van der Waals surface area (Å²) in [6.07, 6.45) is 28.1. The van der Waals surface area contributed by atoms with Gasteiger partial charge in [-0.3, -0.25) is 4.90 Å². The van der Waals surface area contributed by atoms with E-state index in [0.717, 1.165) is 51.6 Å². The van der Waals surface area contributed by atoms with Crippen LogP contribution in [-0.4, -0.2) is 53.9 Å². The lowest BCUT2D eigenvalue weighted by atomic mass is 9.73. The van der Waals surface area contributed by atoms with Gasteiger partial charge in [-0.1, -0.05) is 152 Å². The van der Waals surface area contributed by atoms with E-state index in [1.54, 1.807) is 0 Å². The van der Waals surface area contributed by atoms with E-state index in [-0.39, 0.29) is 12.5 Å². The van der Waals surface area contributed by atoms with E-state index >= 15 is 0 Å². The first-order valence-electron chi connectivity index (χ1n) is 18.4. The first kappa shape index (κ1) is 40.9. The van der Waals surface area contributed by atoms with Gasteiger partial charge in [-0.15, -0.1) is 0 Å². The van der Waals surface area contributed by atoms with Gasteiger partial charge in [0.2, 0.25) is 0 Å². The first-order valence-corrected chi connectivity index (χ1v) is 18.4. The third-order valence-corrected chi connectivity index (χ3v) is 8.99. The van der Waals surface area contributed by atoms with Crippen molar-refractivity contribution in [1.82, 2.24) is 4.90 Å². The van der Waals surface area contributed by atoms with E-state index in [9.17, 15) is 9.90 Å². The molecule has 0 spiro atoms. The molecule has 5 heteroatoms. The molecular formula is C40H67NO4. The van der Waals surface area contributed by atoms with Crippen LogP contribution >= 0.6 is 0 Å². The highest BCUT2D eigenvalue weighted by Gasteiger charge is 2.47. The van der Waals surface area contributed by atoms with Crippen LogP contribution in [0.3, 0.4) is 0 Å². The van der Waals surface area contributed by atoms with Gasteiger partial charge < -0.3 is 14.9 Å². The smallest absolute Gasteiger partial charge is 0.344 e. The van der Waals surface area contributed by atoms with Crippen LogP contribution in [0.15, 0.2) is 42.5 Å². The molecule has 0 heterocycles. The Bertz CT molecular complexity index is 911. The fourth-order valence-electron chi connectivity index (χ4n) is 5.97. The van der Waals surface area contributed by atoms with Crippen molar-refractivity contribution >= 4 is 5.97 Å². The molecule has 1 atom stereocenters. The second-order valence-corrected chi connectivity index (χ2v) is 12.5. The number of hydrogen-bond acceptors (Lipinski definition) is 5. The molecule has 2 rings (SSSR count). The summed E-state index contributed by atoms with van der Waals surface area (Å²) in [5.41, 5.74) is -0.963. The van der Waals surface area contributed by atoms with Crippen LogP contribution in [0.5, 0.6) is 0 Å². The Morgan fingerprint density at radius 1 is 0.822 bits per heavy atom. The van der Waals surface area contributed by atoms with Crippen LogP contribution in [-0.2, 0) is 15.1 Å². The number of ether oxygens (including phenoxy) is 1. The molecule has 0 aromatic heterocycles. The Morgan fingerprint density at radius 2 is 1.38 bits per heavy atom. The van der Waals surface area contributed by atoms with Gasteiger partial charge in [-0.05, 0) is 63.6 Å². The van der Waals surface area contributed by atoms with Crippen molar-refractivity contribution in [3.63, 3.8) is 0 Å². The average Bonchev–Trinajstić information content (AvgIpc) is 3.08. The number of nitrogens with zero attached hydrogens (tertiary/aromatic N) is 1. The highest BCUT2D eigenvalue weighted by Crippen LogP contribution is 2.40. The summed E-state index contributed by atoms with van der Waals surface area (Å²) < 4.78 is 5.38. The number of aliphatic hydroxyl groups excluding tert-OH is 1. The SMILES string of the molecule is CCCCCCCC/C=C\CCCCCCCCO.CCN(CC)CC#CCOC(=O)C(O)(c1ccccc1)C1CCCCC1. The number of aliphatic hydroxyl groups is 2. The molecule has 0 amide bonds. The largest absolute Gasteiger partial charge is 0.450 e. The van der Waals surface area contributed by atoms with E-state index in [1.165, 1.54) is 83.5 Å². The fraction of sp³-hybridized carbons (Fsp3) is 0.725. The number of allylic oxidation sites excluding steroid dienone is 2. The highest BCUT2D eigenvalue weighted by atomic mass is 16.5. The summed E-state index contributed by atoms with van der Waals surface area (Å²) in [4.78, 5) is 15.0. The third kappa shape index (κ3) is 18.6. The number of rotatable bonds is 22. The van der Waals surface area contributed by atoms with Gasteiger partial charge in [0.1, 0.15) is 0 Å². The van der Waals surface area contributed by atoms with Gasteiger partial charge >= 0.3 is 5.97 Å². The van der Waals surface area contributed by atoms with Crippen LogP contribution in [0.1, 0.15) is 148 Å². The Kier molecular flexibility index (Phi) is 25.6. The number of esters is 1. The monoisotopic (exact) mass is 626 g/mol. The fourth-order valence-corrected chi connectivity index (χ4v) is 5.97. The van der Waals surface area contributed by atoms with Crippen LogP contribution in [0.2, 0.25) is 0 Å². The predicted molar refractivity (Wildman–Crippen MR) is 190 cm³/mol. The summed E-state index contributed by atoms with van der Waals surface area (Å²) in [5, 5.41) is 20.0. The molecule has 1 aliphatic carbocycles. The van der Waals surface area contributed by atoms with Crippen molar-refractivity contribution in [2.45, 2.75) is 148 Å². The Hall–Kier alpha value is -2.13. The third-order valence-electron chi connectivity index (χ3n) is 8.99. The minimum atomic E-state index is -1.58. The van der Waals surface area contributed by atoms with E-state index in [0.29, 0.717) is 18.7 Å². The van der Waals surface area contributed by atoms with Crippen LogP contribution in [0, 0.1) is 17.8 Å². The van der Waals surface area contributed by atoms with Crippen LogP contribution in [0.4, 0.5) is 0 Å². The molecule has 1 fully saturated rings. The van der Waals surface area contributed by atoms with Gasteiger partial charge in [0, 0.05) is 12.5 Å². The highest BCUT2D eigenvalue weighted by molar-refractivity contribution is 5.81. The number of benzene rings is 1. The summed E-state index contributed by atoms with van der Waals surface area (Å²) in [6.45, 7) is 9.39. The van der Waals surface area contributed by atoms with E-state index in [1.807, 2.05) is 30.3 Å². The molecule has 1 aromatic rings. The molecule has 0 aliphatic heterocycles. The van der Waals surface area contributed by atoms with E-state index < -0.39 is 11.6 Å². The zero-order chi connectivity index (χ0) is 32.9. The van der Waals surface area contributed by atoms with Crippen molar-refractivity contribution in [1.29, 1.82) is 0 Å². The van der Waals surface area contributed by atoms with Crippen molar-refractivity contribution in [2.24, 2.45) is 5.92 Å².